The fourth-order valence-corrected chi connectivity index (χ4v) is 7.07. The van der Waals surface area contributed by atoms with Gasteiger partial charge in [-0.25, -0.2) is 0 Å². The molecule has 0 bridgehead atoms. The van der Waals surface area contributed by atoms with Gasteiger partial charge in [0.2, 0.25) is 0 Å². The van der Waals surface area contributed by atoms with Crippen LogP contribution in [0.5, 0.6) is 0 Å². The maximum atomic E-state index is 3.53. The van der Waals surface area contributed by atoms with E-state index in [1.54, 1.807) is 11.3 Å². The van der Waals surface area contributed by atoms with E-state index in [9.17, 15) is 0 Å². The molecule has 0 atom stereocenters. The van der Waals surface area contributed by atoms with Gasteiger partial charge >= 0.3 is 0 Å². The van der Waals surface area contributed by atoms with E-state index in [0.717, 1.165) is 0 Å². The van der Waals surface area contributed by atoms with Crippen molar-refractivity contribution in [3.63, 3.8) is 0 Å². The Kier molecular flexibility index (Phi) is 2.45. The molecule has 0 fully saturated rings. The van der Waals surface area contributed by atoms with Crippen LogP contribution in [-0.4, -0.2) is 0 Å². The summed E-state index contributed by atoms with van der Waals surface area (Å²) in [5.74, 6) is 0. The van der Waals surface area contributed by atoms with Crippen LogP contribution in [-0.2, 0) is 0 Å². The zero-order valence-electron chi connectivity index (χ0n) is 8.40. The minimum absolute atomic E-state index is 1.20. The lowest BCUT2D eigenvalue weighted by molar-refractivity contribution is 1.94. The van der Waals surface area contributed by atoms with Crippen molar-refractivity contribution in [2.75, 3.05) is 0 Å². The van der Waals surface area contributed by atoms with Gasteiger partial charge in [0, 0.05) is 19.2 Å². The summed E-state index contributed by atoms with van der Waals surface area (Å²) < 4.78 is 6.97. The molecule has 17 heavy (non-hydrogen) atoms. The van der Waals surface area contributed by atoms with E-state index < -0.39 is 0 Å². The summed E-state index contributed by atoms with van der Waals surface area (Å²) in [7, 11) is 0. The second-order valence-electron chi connectivity index (χ2n) is 3.62. The highest BCUT2D eigenvalue weighted by Crippen LogP contribution is 2.46. The van der Waals surface area contributed by atoms with Gasteiger partial charge in [0.05, 0.1) is 13.2 Å². The molecule has 84 valence electrons. The van der Waals surface area contributed by atoms with Gasteiger partial charge in [-0.2, -0.15) is 0 Å². The van der Waals surface area contributed by atoms with Crippen LogP contribution in [0.25, 0.3) is 28.6 Å². The first kappa shape index (κ1) is 10.7. The van der Waals surface area contributed by atoms with E-state index >= 15 is 0 Å². The van der Waals surface area contributed by atoms with Crippen LogP contribution in [0.2, 0.25) is 0 Å². The van der Waals surface area contributed by atoms with Crippen molar-refractivity contribution < 1.29 is 0 Å². The zero-order chi connectivity index (χ0) is 11.4. The van der Waals surface area contributed by atoms with Crippen molar-refractivity contribution in [2.24, 2.45) is 0 Å². The molecule has 0 aliphatic heterocycles. The molecule has 0 radical (unpaired) electrons. The normalized spacial score (nSPS) is 11.8. The number of halogens is 1. The first-order chi connectivity index (χ1) is 8.31. The second-order valence-corrected chi connectivity index (χ2v) is 9.14. The van der Waals surface area contributed by atoms with Crippen molar-refractivity contribution in [3.05, 3.63) is 33.4 Å². The van der Waals surface area contributed by atoms with E-state index in [1.165, 1.54) is 32.3 Å². The van der Waals surface area contributed by atoms with Gasteiger partial charge in [-0.05, 0) is 45.6 Å². The van der Waals surface area contributed by atoms with Crippen molar-refractivity contribution in [1.29, 1.82) is 0 Å². The SMILES string of the molecule is Brc1ccc(-c2cc3sc4ccsc4c3s2)s1. The van der Waals surface area contributed by atoms with Crippen LogP contribution in [0.1, 0.15) is 0 Å². The fourth-order valence-electron chi connectivity index (χ4n) is 1.84. The standard InChI is InChI=1S/C12H5BrS4/c13-10-2-1-6(16-10)8-5-9-12(17-8)11-7(15-9)3-4-14-11/h1-5H. The number of fused-ring (bicyclic) bond motifs is 3. The highest BCUT2D eigenvalue weighted by Gasteiger charge is 2.12. The zero-order valence-corrected chi connectivity index (χ0v) is 13.2. The average molecular weight is 357 g/mol. The molecule has 4 aromatic rings. The van der Waals surface area contributed by atoms with Gasteiger partial charge in [0.1, 0.15) is 0 Å². The van der Waals surface area contributed by atoms with Crippen molar-refractivity contribution in [3.8, 4) is 9.75 Å². The first-order valence-electron chi connectivity index (χ1n) is 4.96. The van der Waals surface area contributed by atoms with E-state index in [4.69, 9.17) is 0 Å². The van der Waals surface area contributed by atoms with Crippen molar-refractivity contribution >= 4 is 80.1 Å². The van der Waals surface area contributed by atoms with Crippen LogP contribution < -0.4 is 0 Å². The predicted octanol–water partition coefficient (Wildman–Crippen LogP) is 6.67. The molecule has 0 saturated carbocycles. The lowest BCUT2D eigenvalue weighted by atomic mass is 10.4. The minimum Gasteiger partial charge on any atom is -0.141 e. The summed E-state index contributed by atoms with van der Waals surface area (Å²) in [6.45, 7) is 0. The van der Waals surface area contributed by atoms with Gasteiger partial charge in [-0.15, -0.1) is 45.3 Å². The largest absolute Gasteiger partial charge is 0.141 e. The first-order valence-corrected chi connectivity index (χ1v) is 9.09. The third kappa shape index (κ3) is 1.64. The van der Waals surface area contributed by atoms with Crippen LogP contribution in [0.3, 0.4) is 0 Å². The predicted molar refractivity (Wildman–Crippen MR) is 86.1 cm³/mol. The summed E-state index contributed by atoms with van der Waals surface area (Å²) in [5, 5.41) is 2.18. The van der Waals surface area contributed by atoms with Crippen LogP contribution >= 0.6 is 61.3 Å². The Balaban J connectivity index is 2.00. The Hall–Kier alpha value is -0.200. The Morgan fingerprint density at radius 3 is 2.59 bits per heavy atom. The molecule has 0 aliphatic rings. The Morgan fingerprint density at radius 2 is 1.76 bits per heavy atom. The van der Waals surface area contributed by atoms with Gasteiger partial charge < -0.3 is 0 Å². The quantitative estimate of drug-likeness (QED) is 0.357. The molecule has 0 saturated heterocycles. The molecule has 0 amide bonds. The van der Waals surface area contributed by atoms with Crippen LogP contribution in [0.4, 0.5) is 0 Å². The van der Waals surface area contributed by atoms with E-state index in [0.29, 0.717) is 0 Å². The summed E-state index contributed by atoms with van der Waals surface area (Å²) in [6.07, 6.45) is 0. The molecule has 0 N–H and O–H groups in total. The average Bonchev–Trinajstić information content (AvgIpc) is 2.95. The monoisotopic (exact) mass is 356 g/mol. The molecule has 4 aromatic heterocycles. The van der Waals surface area contributed by atoms with Crippen molar-refractivity contribution in [1.82, 2.24) is 0 Å². The molecule has 4 rings (SSSR count). The third-order valence-corrected chi connectivity index (χ3v) is 7.96. The Morgan fingerprint density at radius 1 is 0.824 bits per heavy atom. The summed E-state index contributed by atoms with van der Waals surface area (Å²) in [5.41, 5.74) is 0. The maximum Gasteiger partial charge on any atom is 0.0705 e. The molecule has 0 nitrogen and oxygen atoms in total. The van der Waals surface area contributed by atoms with Gasteiger partial charge in [0.25, 0.3) is 0 Å². The molecule has 0 spiro atoms. The second kappa shape index (κ2) is 3.90. The van der Waals surface area contributed by atoms with E-state index in [-0.39, 0.29) is 0 Å². The summed E-state index contributed by atoms with van der Waals surface area (Å²) in [4.78, 5) is 2.74. The van der Waals surface area contributed by atoms with E-state index in [1.807, 2.05) is 34.0 Å². The molecular formula is C12H5BrS4. The minimum atomic E-state index is 1.20. The summed E-state index contributed by atoms with van der Waals surface area (Å²) >= 11 is 11.0. The smallest absolute Gasteiger partial charge is 0.0705 e. The molecule has 4 heterocycles. The molecule has 0 aliphatic carbocycles. The van der Waals surface area contributed by atoms with Gasteiger partial charge in [0.15, 0.2) is 0 Å². The maximum absolute atomic E-state index is 3.53. The highest BCUT2D eigenvalue weighted by molar-refractivity contribution is 9.11. The lowest BCUT2D eigenvalue weighted by Crippen LogP contribution is -1.56. The van der Waals surface area contributed by atoms with Crippen molar-refractivity contribution in [2.45, 2.75) is 0 Å². The van der Waals surface area contributed by atoms with Gasteiger partial charge in [-0.3, -0.25) is 0 Å². The third-order valence-electron chi connectivity index (χ3n) is 2.57. The Labute approximate surface area is 122 Å². The summed E-state index contributed by atoms with van der Waals surface area (Å²) in [6, 6.07) is 8.86. The topological polar surface area (TPSA) is 0 Å². The number of hydrogen-bond acceptors (Lipinski definition) is 4. The number of thiophene rings is 4. The van der Waals surface area contributed by atoms with E-state index in [2.05, 4.69) is 45.6 Å². The molecule has 0 unspecified atom stereocenters. The highest BCUT2D eigenvalue weighted by atomic mass is 79.9. The van der Waals surface area contributed by atoms with Crippen LogP contribution in [0.15, 0.2) is 33.4 Å². The lowest BCUT2D eigenvalue weighted by Gasteiger charge is -1.87. The Bertz CT molecular complexity index is 814. The molecule has 5 heteroatoms. The number of hydrogen-bond donors (Lipinski definition) is 0. The molecular weight excluding hydrogens is 352 g/mol. The number of rotatable bonds is 1. The fraction of sp³-hybridized carbons (Fsp3) is 0. The molecule has 0 aromatic carbocycles. The van der Waals surface area contributed by atoms with Gasteiger partial charge in [-0.1, -0.05) is 0 Å². The van der Waals surface area contributed by atoms with Crippen LogP contribution in [0, 0.1) is 0 Å².